The smallest absolute Gasteiger partial charge is 0.336 e. The highest BCUT2D eigenvalue weighted by Crippen LogP contribution is 2.19. The monoisotopic (exact) mass is 354 g/mol. The van der Waals surface area contributed by atoms with Crippen molar-refractivity contribution >= 4 is 28.3 Å². The Bertz CT molecular complexity index is 1010. The van der Waals surface area contributed by atoms with Crippen molar-refractivity contribution in [1.29, 1.82) is 0 Å². The van der Waals surface area contributed by atoms with Gasteiger partial charge in [0.1, 0.15) is 11.3 Å². The standard InChI is InChI=1S/C18H14N2O6/c21-17(9-10-25-15-5-3-14(4-6-15)20(23)24)19-13-2-7-16-12(11-13)1-8-18(22)26-16/h1-8,11H,9-10H2,(H,19,21). The second-order valence-electron chi connectivity index (χ2n) is 5.40. The number of carbonyl (C=O) groups excluding carboxylic acids is 1. The summed E-state index contributed by atoms with van der Waals surface area (Å²) in [5.41, 5.74) is 0.559. The summed E-state index contributed by atoms with van der Waals surface area (Å²) in [5.74, 6) is 0.202. The van der Waals surface area contributed by atoms with E-state index in [2.05, 4.69) is 5.32 Å². The van der Waals surface area contributed by atoms with Crippen LogP contribution < -0.4 is 15.7 Å². The van der Waals surface area contributed by atoms with E-state index >= 15 is 0 Å². The Balaban J connectivity index is 1.53. The van der Waals surface area contributed by atoms with Crippen LogP contribution in [-0.4, -0.2) is 17.4 Å². The van der Waals surface area contributed by atoms with Crippen molar-refractivity contribution < 1.29 is 18.9 Å². The molecule has 0 unspecified atom stereocenters. The molecule has 0 bridgehead atoms. The number of nitrogens with one attached hydrogen (secondary N) is 1. The second-order valence-corrected chi connectivity index (χ2v) is 5.40. The fourth-order valence-corrected chi connectivity index (χ4v) is 2.30. The Morgan fingerprint density at radius 1 is 1.12 bits per heavy atom. The molecular weight excluding hydrogens is 340 g/mol. The van der Waals surface area contributed by atoms with E-state index in [-0.39, 0.29) is 24.6 Å². The summed E-state index contributed by atoms with van der Waals surface area (Å²) in [7, 11) is 0. The van der Waals surface area contributed by atoms with Gasteiger partial charge in [-0.15, -0.1) is 0 Å². The van der Waals surface area contributed by atoms with E-state index in [0.717, 1.165) is 0 Å². The van der Waals surface area contributed by atoms with E-state index in [1.54, 1.807) is 24.3 Å². The van der Waals surface area contributed by atoms with Crippen LogP contribution in [0.5, 0.6) is 5.75 Å². The number of nitro groups is 1. The lowest BCUT2D eigenvalue weighted by Crippen LogP contribution is -2.15. The van der Waals surface area contributed by atoms with Gasteiger partial charge in [-0.05, 0) is 36.4 Å². The fraction of sp³-hybridized carbons (Fsp3) is 0.111. The van der Waals surface area contributed by atoms with Gasteiger partial charge in [0.15, 0.2) is 0 Å². The Morgan fingerprint density at radius 3 is 2.62 bits per heavy atom. The van der Waals surface area contributed by atoms with Gasteiger partial charge in [0.05, 0.1) is 18.0 Å². The predicted octanol–water partition coefficient (Wildman–Crippen LogP) is 3.11. The third-order valence-corrected chi connectivity index (χ3v) is 3.55. The molecular formula is C18H14N2O6. The van der Waals surface area contributed by atoms with Gasteiger partial charge >= 0.3 is 5.63 Å². The molecule has 0 aliphatic rings. The molecule has 0 fully saturated rings. The summed E-state index contributed by atoms with van der Waals surface area (Å²) >= 11 is 0. The lowest BCUT2D eigenvalue weighted by Gasteiger charge is -2.08. The van der Waals surface area contributed by atoms with Gasteiger partial charge in [-0.25, -0.2) is 4.79 Å². The third-order valence-electron chi connectivity index (χ3n) is 3.55. The molecule has 0 radical (unpaired) electrons. The zero-order valence-corrected chi connectivity index (χ0v) is 13.5. The number of hydrogen-bond donors (Lipinski definition) is 1. The molecule has 1 aromatic heterocycles. The highest BCUT2D eigenvalue weighted by Gasteiger charge is 2.07. The Kier molecular flexibility index (Phi) is 4.93. The molecule has 26 heavy (non-hydrogen) atoms. The molecule has 8 nitrogen and oxygen atoms in total. The van der Waals surface area contributed by atoms with Crippen LogP contribution in [0.1, 0.15) is 6.42 Å². The summed E-state index contributed by atoms with van der Waals surface area (Å²) in [6.45, 7) is 0.131. The quantitative estimate of drug-likeness (QED) is 0.413. The first-order valence-corrected chi connectivity index (χ1v) is 7.72. The molecule has 0 spiro atoms. The number of rotatable bonds is 6. The molecule has 0 aliphatic carbocycles. The van der Waals surface area contributed by atoms with Gasteiger partial charge in [-0.1, -0.05) is 0 Å². The lowest BCUT2D eigenvalue weighted by molar-refractivity contribution is -0.384. The van der Waals surface area contributed by atoms with Crippen LogP contribution in [-0.2, 0) is 4.79 Å². The number of non-ortho nitro benzene ring substituents is 1. The summed E-state index contributed by atoms with van der Waals surface area (Å²) in [6.07, 6.45) is 0.110. The first kappa shape index (κ1) is 17.2. The number of nitro benzene ring substituents is 1. The van der Waals surface area contributed by atoms with Crippen molar-refractivity contribution in [3.8, 4) is 5.75 Å². The molecule has 0 saturated heterocycles. The van der Waals surface area contributed by atoms with E-state index in [9.17, 15) is 19.7 Å². The van der Waals surface area contributed by atoms with Crippen molar-refractivity contribution in [3.63, 3.8) is 0 Å². The molecule has 0 atom stereocenters. The molecule has 132 valence electrons. The summed E-state index contributed by atoms with van der Waals surface area (Å²) < 4.78 is 10.4. The van der Waals surface area contributed by atoms with Crippen LogP contribution in [0.15, 0.2) is 63.8 Å². The molecule has 3 rings (SSSR count). The zero-order chi connectivity index (χ0) is 18.5. The zero-order valence-electron chi connectivity index (χ0n) is 13.5. The molecule has 8 heteroatoms. The van der Waals surface area contributed by atoms with Crippen LogP contribution in [0.25, 0.3) is 11.0 Å². The van der Waals surface area contributed by atoms with Gasteiger partial charge in [0.25, 0.3) is 5.69 Å². The van der Waals surface area contributed by atoms with Gasteiger partial charge in [-0.3, -0.25) is 14.9 Å². The van der Waals surface area contributed by atoms with E-state index in [0.29, 0.717) is 22.4 Å². The fourth-order valence-electron chi connectivity index (χ4n) is 2.30. The number of nitrogens with zero attached hydrogens (tertiary/aromatic N) is 1. The van der Waals surface area contributed by atoms with E-state index < -0.39 is 10.5 Å². The summed E-state index contributed by atoms with van der Waals surface area (Å²) in [4.78, 5) is 33.2. The molecule has 1 heterocycles. The van der Waals surface area contributed by atoms with Crippen molar-refractivity contribution in [3.05, 3.63) is 75.1 Å². The summed E-state index contributed by atoms with van der Waals surface area (Å²) in [5, 5.41) is 14.0. The highest BCUT2D eigenvalue weighted by molar-refractivity contribution is 5.93. The number of anilines is 1. The average molecular weight is 354 g/mol. The maximum absolute atomic E-state index is 12.0. The Labute approximate surface area is 147 Å². The molecule has 0 aliphatic heterocycles. The minimum absolute atomic E-state index is 0.0257. The van der Waals surface area contributed by atoms with Gasteiger partial charge < -0.3 is 14.5 Å². The number of amides is 1. The van der Waals surface area contributed by atoms with Crippen LogP contribution in [0.4, 0.5) is 11.4 Å². The van der Waals surface area contributed by atoms with Crippen molar-refractivity contribution in [2.75, 3.05) is 11.9 Å². The van der Waals surface area contributed by atoms with Crippen molar-refractivity contribution in [1.82, 2.24) is 0 Å². The Morgan fingerprint density at radius 2 is 1.88 bits per heavy atom. The predicted molar refractivity (Wildman–Crippen MR) is 94.3 cm³/mol. The largest absolute Gasteiger partial charge is 0.493 e. The minimum atomic E-state index is -0.494. The van der Waals surface area contributed by atoms with Crippen molar-refractivity contribution in [2.24, 2.45) is 0 Å². The van der Waals surface area contributed by atoms with Crippen LogP contribution in [0, 0.1) is 10.1 Å². The van der Waals surface area contributed by atoms with Crippen molar-refractivity contribution in [2.45, 2.75) is 6.42 Å². The first-order chi connectivity index (χ1) is 12.5. The highest BCUT2D eigenvalue weighted by atomic mass is 16.6. The molecule has 3 aromatic rings. The molecule has 1 amide bonds. The Hall–Kier alpha value is -3.68. The third kappa shape index (κ3) is 4.23. The number of benzene rings is 2. The van der Waals surface area contributed by atoms with Crippen LogP contribution in [0.2, 0.25) is 0 Å². The lowest BCUT2D eigenvalue weighted by atomic mass is 10.2. The van der Waals surface area contributed by atoms with Gasteiger partial charge in [0.2, 0.25) is 5.91 Å². The maximum atomic E-state index is 12.0. The van der Waals surface area contributed by atoms with Gasteiger partial charge in [0, 0.05) is 29.3 Å². The molecule has 2 aromatic carbocycles. The number of carbonyl (C=O) groups is 1. The van der Waals surface area contributed by atoms with Crippen LogP contribution in [0.3, 0.4) is 0 Å². The second kappa shape index (κ2) is 7.47. The molecule has 1 N–H and O–H groups in total. The topological polar surface area (TPSA) is 112 Å². The number of hydrogen-bond acceptors (Lipinski definition) is 6. The number of ether oxygens (including phenoxy) is 1. The summed E-state index contributed by atoms with van der Waals surface area (Å²) in [6, 6.07) is 13.5. The van der Waals surface area contributed by atoms with E-state index in [4.69, 9.17) is 9.15 Å². The molecule has 0 saturated carbocycles. The van der Waals surface area contributed by atoms with Gasteiger partial charge in [-0.2, -0.15) is 0 Å². The normalized spacial score (nSPS) is 10.5. The maximum Gasteiger partial charge on any atom is 0.336 e. The first-order valence-electron chi connectivity index (χ1n) is 7.72. The average Bonchev–Trinajstić information content (AvgIpc) is 2.62. The van der Waals surface area contributed by atoms with Crippen LogP contribution >= 0.6 is 0 Å². The van der Waals surface area contributed by atoms with E-state index in [1.807, 2.05) is 0 Å². The number of fused-ring (bicyclic) bond motifs is 1. The minimum Gasteiger partial charge on any atom is -0.493 e. The SMILES string of the molecule is O=C(CCOc1ccc([N+](=O)[O-])cc1)Nc1ccc2oc(=O)ccc2c1. The van der Waals surface area contributed by atoms with E-state index in [1.165, 1.54) is 30.3 Å².